The zero-order chi connectivity index (χ0) is 31.6. The second-order valence-corrected chi connectivity index (χ2v) is 10.9. The van der Waals surface area contributed by atoms with Crippen molar-refractivity contribution in [3.05, 3.63) is 94.6 Å². The number of aryl methyl sites for hydroxylation is 1. The van der Waals surface area contributed by atoms with Crippen molar-refractivity contribution in [3.8, 4) is 17.2 Å². The number of nitrogens with zero attached hydrogens (tertiary/aromatic N) is 2. The number of hydrogen-bond donors (Lipinski definition) is 1. The summed E-state index contributed by atoms with van der Waals surface area (Å²) in [6.07, 6.45) is 1.97. The Hall–Kier alpha value is -4.30. The van der Waals surface area contributed by atoms with E-state index in [0.29, 0.717) is 54.7 Å². The number of aliphatic hydroxyl groups excluding tert-OH is 1. The molecule has 0 aliphatic carbocycles. The molecule has 1 unspecified atom stereocenters. The number of likely N-dealkylation sites (tertiary alicyclic amines) is 1. The number of ether oxygens (including phenoxy) is 3. The number of aliphatic hydroxyl groups is 1. The highest BCUT2D eigenvalue weighted by atomic mass is 16.5. The highest BCUT2D eigenvalue weighted by Gasteiger charge is 2.46. The number of carbonyl (C=O) groups excluding carboxylic acids is 2. The SMILES string of the molecule is CCCCOc1ccc(C(O)=C2C(=O)C(=O)N(CCN(CC)CC)C2c2ccc(OCc3ccccc3)c(OC)c2)c(C)c1. The summed E-state index contributed by atoms with van der Waals surface area (Å²) in [5.74, 6) is 0.147. The second-order valence-electron chi connectivity index (χ2n) is 10.9. The smallest absolute Gasteiger partial charge is 0.295 e. The van der Waals surface area contributed by atoms with E-state index >= 15 is 0 Å². The number of methoxy groups -OCH3 is 1. The number of Topliss-reactive ketones (excluding diaryl/α,β-unsaturated/α-hetero) is 1. The summed E-state index contributed by atoms with van der Waals surface area (Å²) in [5, 5.41) is 11.7. The van der Waals surface area contributed by atoms with Crippen LogP contribution in [0.25, 0.3) is 5.76 Å². The number of carbonyl (C=O) groups is 2. The maximum atomic E-state index is 13.6. The van der Waals surface area contributed by atoms with Gasteiger partial charge in [-0.15, -0.1) is 0 Å². The van der Waals surface area contributed by atoms with E-state index in [1.807, 2.05) is 49.4 Å². The fourth-order valence-corrected chi connectivity index (χ4v) is 5.43. The second kappa shape index (κ2) is 15.4. The minimum atomic E-state index is -0.803. The Morgan fingerprint density at radius 3 is 2.34 bits per heavy atom. The van der Waals surface area contributed by atoms with Crippen LogP contribution in [0.5, 0.6) is 17.2 Å². The number of likely N-dealkylation sites (N-methyl/N-ethyl adjacent to an activating group) is 1. The van der Waals surface area contributed by atoms with Crippen molar-refractivity contribution >= 4 is 17.4 Å². The average molecular weight is 601 g/mol. The van der Waals surface area contributed by atoms with Crippen LogP contribution in [0.4, 0.5) is 0 Å². The first kappa shape index (κ1) is 32.6. The van der Waals surface area contributed by atoms with Gasteiger partial charge in [0.15, 0.2) is 11.5 Å². The minimum Gasteiger partial charge on any atom is -0.507 e. The molecule has 3 aromatic rings. The maximum absolute atomic E-state index is 13.6. The Morgan fingerprint density at radius 1 is 0.932 bits per heavy atom. The van der Waals surface area contributed by atoms with E-state index in [2.05, 4.69) is 25.7 Å². The zero-order valence-corrected chi connectivity index (χ0v) is 26.5. The summed E-state index contributed by atoms with van der Waals surface area (Å²) in [5.41, 5.74) is 2.94. The summed E-state index contributed by atoms with van der Waals surface area (Å²) >= 11 is 0. The van der Waals surface area contributed by atoms with Gasteiger partial charge < -0.3 is 29.1 Å². The molecule has 1 N–H and O–H groups in total. The van der Waals surface area contributed by atoms with Crippen LogP contribution in [0.15, 0.2) is 72.3 Å². The molecule has 1 aliphatic heterocycles. The first-order chi connectivity index (χ1) is 21.3. The number of hydrogen-bond acceptors (Lipinski definition) is 7. The molecular formula is C36H44N2O6. The van der Waals surface area contributed by atoms with E-state index in [9.17, 15) is 14.7 Å². The highest BCUT2D eigenvalue weighted by molar-refractivity contribution is 6.46. The lowest BCUT2D eigenvalue weighted by Crippen LogP contribution is -2.38. The molecule has 1 amide bonds. The Kier molecular flexibility index (Phi) is 11.4. The van der Waals surface area contributed by atoms with Crippen molar-refractivity contribution < 1.29 is 28.9 Å². The largest absolute Gasteiger partial charge is 0.507 e. The summed E-state index contributed by atoms with van der Waals surface area (Å²) in [7, 11) is 1.55. The van der Waals surface area contributed by atoms with Gasteiger partial charge >= 0.3 is 0 Å². The number of amides is 1. The van der Waals surface area contributed by atoms with Crippen LogP contribution in [-0.4, -0.2) is 66.5 Å². The molecule has 8 nitrogen and oxygen atoms in total. The molecule has 44 heavy (non-hydrogen) atoms. The molecule has 1 fully saturated rings. The van der Waals surface area contributed by atoms with Crippen LogP contribution >= 0.6 is 0 Å². The van der Waals surface area contributed by atoms with Crippen LogP contribution in [-0.2, 0) is 16.2 Å². The Bertz CT molecular complexity index is 1460. The minimum absolute atomic E-state index is 0.0531. The Labute approximate surface area is 260 Å². The van der Waals surface area contributed by atoms with Crippen molar-refractivity contribution in [1.82, 2.24) is 9.80 Å². The monoisotopic (exact) mass is 600 g/mol. The fourth-order valence-electron chi connectivity index (χ4n) is 5.43. The van der Waals surface area contributed by atoms with Gasteiger partial charge in [-0.1, -0.05) is 63.6 Å². The first-order valence-electron chi connectivity index (χ1n) is 15.4. The third kappa shape index (κ3) is 7.42. The molecule has 0 bridgehead atoms. The topological polar surface area (TPSA) is 88.5 Å². The van der Waals surface area contributed by atoms with Crippen LogP contribution < -0.4 is 14.2 Å². The van der Waals surface area contributed by atoms with E-state index in [1.54, 1.807) is 36.3 Å². The molecule has 4 rings (SSSR count). The van der Waals surface area contributed by atoms with Crippen LogP contribution in [0.3, 0.4) is 0 Å². The Morgan fingerprint density at radius 2 is 1.68 bits per heavy atom. The summed E-state index contributed by atoms with van der Waals surface area (Å²) in [6.45, 7) is 11.6. The lowest BCUT2D eigenvalue weighted by Gasteiger charge is -2.28. The van der Waals surface area contributed by atoms with Crippen LogP contribution in [0, 0.1) is 6.92 Å². The quantitative estimate of drug-likeness (QED) is 0.0919. The third-order valence-corrected chi connectivity index (χ3v) is 8.05. The fraction of sp³-hybridized carbons (Fsp3) is 0.389. The summed E-state index contributed by atoms with van der Waals surface area (Å²) in [4.78, 5) is 30.9. The van der Waals surface area contributed by atoms with Crippen LogP contribution in [0.1, 0.15) is 61.9 Å². The lowest BCUT2D eigenvalue weighted by atomic mass is 9.93. The molecule has 1 saturated heterocycles. The molecule has 234 valence electrons. The number of rotatable bonds is 15. The normalized spacial score (nSPS) is 16.0. The number of benzene rings is 3. The zero-order valence-electron chi connectivity index (χ0n) is 26.5. The maximum Gasteiger partial charge on any atom is 0.295 e. The number of ketones is 1. The molecule has 0 aromatic heterocycles. The molecule has 1 atom stereocenters. The average Bonchev–Trinajstić information content (AvgIpc) is 3.29. The van der Waals surface area contributed by atoms with E-state index in [4.69, 9.17) is 14.2 Å². The highest BCUT2D eigenvalue weighted by Crippen LogP contribution is 2.42. The predicted molar refractivity (Wildman–Crippen MR) is 172 cm³/mol. The molecule has 3 aromatic carbocycles. The molecule has 1 heterocycles. The van der Waals surface area contributed by atoms with Gasteiger partial charge in [0.1, 0.15) is 18.1 Å². The van der Waals surface area contributed by atoms with E-state index in [0.717, 1.165) is 37.1 Å². The van der Waals surface area contributed by atoms with Gasteiger partial charge in [0, 0.05) is 18.7 Å². The molecule has 1 aliphatic rings. The van der Waals surface area contributed by atoms with Crippen molar-refractivity contribution in [2.45, 2.75) is 53.2 Å². The van der Waals surface area contributed by atoms with Gasteiger partial charge in [-0.3, -0.25) is 9.59 Å². The van der Waals surface area contributed by atoms with E-state index < -0.39 is 17.7 Å². The third-order valence-electron chi connectivity index (χ3n) is 8.05. The summed E-state index contributed by atoms with van der Waals surface area (Å²) in [6, 6.07) is 19.8. The van der Waals surface area contributed by atoms with Gasteiger partial charge in [0.2, 0.25) is 0 Å². The molecule has 0 radical (unpaired) electrons. The summed E-state index contributed by atoms with van der Waals surface area (Å²) < 4.78 is 17.6. The standard InChI is InChI=1S/C36H44N2O6/c1-6-9-21-43-28-16-17-29(25(4)22-28)34(39)32-33(38(36(41)35(32)40)20-19-37(7-2)8-3)27-15-18-30(31(23-27)42-5)44-24-26-13-11-10-12-14-26/h10-18,22-23,33,39H,6-9,19-21,24H2,1-5H3. The van der Waals surface area contributed by atoms with Crippen molar-refractivity contribution in [2.24, 2.45) is 0 Å². The predicted octanol–water partition coefficient (Wildman–Crippen LogP) is 6.53. The molecule has 8 heteroatoms. The molecule has 0 spiro atoms. The van der Waals surface area contributed by atoms with E-state index in [1.165, 1.54) is 0 Å². The first-order valence-corrected chi connectivity index (χ1v) is 15.4. The van der Waals surface area contributed by atoms with Gasteiger partial charge in [0.05, 0.1) is 25.3 Å². The van der Waals surface area contributed by atoms with Crippen molar-refractivity contribution in [2.75, 3.05) is 39.9 Å². The van der Waals surface area contributed by atoms with Crippen molar-refractivity contribution in [1.29, 1.82) is 0 Å². The van der Waals surface area contributed by atoms with Crippen LogP contribution in [0.2, 0.25) is 0 Å². The molecule has 0 saturated carbocycles. The van der Waals surface area contributed by atoms with Gasteiger partial charge in [-0.05, 0) is 73.5 Å². The van der Waals surface area contributed by atoms with Crippen molar-refractivity contribution in [3.63, 3.8) is 0 Å². The van der Waals surface area contributed by atoms with Gasteiger partial charge in [-0.25, -0.2) is 0 Å². The molecular weight excluding hydrogens is 556 g/mol. The lowest BCUT2D eigenvalue weighted by molar-refractivity contribution is -0.140. The van der Waals surface area contributed by atoms with Gasteiger partial charge in [0.25, 0.3) is 11.7 Å². The Balaban J connectivity index is 1.74. The van der Waals surface area contributed by atoms with Gasteiger partial charge in [-0.2, -0.15) is 0 Å². The van der Waals surface area contributed by atoms with E-state index in [-0.39, 0.29) is 11.3 Å². The number of unbranched alkanes of at least 4 members (excludes halogenated alkanes) is 1.